The Labute approximate surface area is 121 Å². The van der Waals surface area contributed by atoms with Crippen molar-refractivity contribution in [3.05, 3.63) is 23.8 Å². The molecule has 1 aliphatic rings. The minimum Gasteiger partial charge on any atom is -0.399 e. The van der Waals surface area contributed by atoms with Gasteiger partial charge in [0, 0.05) is 31.5 Å². The zero-order chi connectivity index (χ0) is 14.9. The van der Waals surface area contributed by atoms with Crippen LogP contribution in [0.5, 0.6) is 0 Å². The third-order valence-corrected chi connectivity index (χ3v) is 4.05. The molecule has 2 rings (SSSR count). The Bertz CT molecular complexity index is 508. The molecular weight excluding hydrogens is 250 g/mol. The number of benzene rings is 1. The molecule has 3 N–H and O–H groups in total. The van der Waals surface area contributed by atoms with E-state index in [2.05, 4.69) is 19.2 Å². The first-order chi connectivity index (χ1) is 9.28. The Balaban J connectivity index is 2.15. The molecule has 4 nitrogen and oxygen atoms in total. The molecule has 4 heteroatoms. The highest BCUT2D eigenvalue weighted by molar-refractivity contribution is 6.00. The van der Waals surface area contributed by atoms with Crippen molar-refractivity contribution in [3.8, 4) is 0 Å². The first kappa shape index (κ1) is 14.7. The van der Waals surface area contributed by atoms with Gasteiger partial charge in [-0.05, 0) is 42.9 Å². The molecule has 1 fully saturated rings. The second-order valence-electron chi connectivity index (χ2n) is 6.75. The van der Waals surface area contributed by atoms with Crippen LogP contribution in [0.1, 0.15) is 43.5 Å². The predicted octanol–water partition coefficient (Wildman–Crippen LogP) is 2.64. The lowest BCUT2D eigenvalue weighted by Gasteiger charge is -2.20. The number of carbonyl (C=O) groups excluding carboxylic acids is 1. The molecule has 0 bridgehead atoms. The summed E-state index contributed by atoms with van der Waals surface area (Å²) < 4.78 is 0. The van der Waals surface area contributed by atoms with Gasteiger partial charge >= 0.3 is 0 Å². The van der Waals surface area contributed by atoms with Crippen LogP contribution in [0.4, 0.5) is 11.4 Å². The number of rotatable bonds is 3. The van der Waals surface area contributed by atoms with E-state index in [4.69, 9.17) is 5.73 Å². The Morgan fingerprint density at radius 3 is 2.65 bits per heavy atom. The van der Waals surface area contributed by atoms with Crippen molar-refractivity contribution in [1.29, 1.82) is 0 Å². The van der Waals surface area contributed by atoms with Crippen LogP contribution in [0.15, 0.2) is 18.2 Å². The molecular formula is C16H25N3O. The topological polar surface area (TPSA) is 58.4 Å². The summed E-state index contributed by atoms with van der Waals surface area (Å²) in [4.78, 5) is 14.4. The maximum atomic E-state index is 12.5. The molecule has 1 aliphatic carbocycles. The summed E-state index contributed by atoms with van der Waals surface area (Å²) in [5, 5.41) is 3.15. The van der Waals surface area contributed by atoms with Gasteiger partial charge in [-0.2, -0.15) is 0 Å². The molecule has 0 radical (unpaired) electrons. The third kappa shape index (κ3) is 3.24. The van der Waals surface area contributed by atoms with Crippen molar-refractivity contribution >= 4 is 17.3 Å². The number of anilines is 2. The predicted molar refractivity (Wildman–Crippen MR) is 84.1 cm³/mol. The van der Waals surface area contributed by atoms with E-state index in [0.717, 1.165) is 24.9 Å². The van der Waals surface area contributed by atoms with E-state index in [1.54, 1.807) is 6.07 Å². The lowest BCUT2D eigenvalue weighted by atomic mass is 9.92. The summed E-state index contributed by atoms with van der Waals surface area (Å²) in [5.41, 5.74) is 8.32. The van der Waals surface area contributed by atoms with Crippen LogP contribution in [0.3, 0.4) is 0 Å². The van der Waals surface area contributed by atoms with Crippen molar-refractivity contribution in [3.63, 3.8) is 0 Å². The molecule has 1 unspecified atom stereocenters. The minimum absolute atomic E-state index is 0.0244. The second-order valence-corrected chi connectivity index (χ2v) is 6.75. The van der Waals surface area contributed by atoms with Gasteiger partial charge in [-0.25, -0.2) is 0 Å². The van der Waals surface area contributed by atoms with Gasteiger partial charge < -0.3 is 16.0 Å². The summed E-state index contributed by atoms with van der Waals surface area (Å²) in [7, 11) is 3.86. The standard InChI is InChI=1S/C16H25N3O/c1-16(2)8-7-12(10-16)18-15(20)13-9-11(17)5-6-14(13)19(3)4/h5-6,9,12H,7-8,10,17H2,1-4H3,(H,18,20). The number of nitrogen functional groups attached to an aromatic ring is 1. The fourth-order valence-corrected chi connectivity index (χ4v) is 2.95. The SMILES string of the molecule is CN(C)c1ccc(N)cc1C(=O)NC1CCC(C)(C)C1. The van der Waals surface area contributed by atoms with Gasteiger partial charge in [-0.1, -0.05) is 13.8 Å². The van der Waals surface area contributed by atoms with Crippen molar-refractivity contribution in [2.24, 2.45) is 5.41 Å². The first-order valence-electron chi connectivity index (χ1n) is 7.16. The number of amides is 1. The Hall–Kier alpha value is -1.71. The maximum absolute atomic E-state index is 12.5. The lowest BCUT2D eigenvalue weighted by molar-refractivity contribution is 0.0936. The van der Waals surface area contributed by atoms with Gasteiger partial charge in [0.05, 0.1) is 5.56 Å². The minimum atomic E-state index is -0.0244. The smallest absolute Gasteiger partial charge is 0.253 e. The van der Waals surface area contributed by atoms with Crippen LogP contribution in [0.2, 0.25) is 0 Å². The first-order valence-corrected chi connectivity index (χ1v) is 7.16. The number of nitrogens with zero attached hydrogens (tertiary/aromatic N) is 1. The van der Waals surface area contributed by atoms with E-state index in [1.165, 1.54) is 0 Å². The van der Waals surface area contributed by atoms with Gasteiger partial charge in [0.2, 0.25) is 0 Å². The Morgan fingerprint density at radius 1 is 1.40 bits per heavy atom. The molecule has 1 aromatic rings. The monoisotopic (exact) mass is 275 g/mol. The summed E-state index contributed by atoms with van der Waals surface area (Å²) in [6.07, 6.45) is 3.26. The van der Waals surface area contributed by atoms with Gasteiger partial charge in [-0.15, -0.1) is 0 Å². The fraction of sp³-hybridized carbons (Fsp3) is 0.562. The van der Waals surface area contributed by atoms with Crippen LogP contribution in [-0.2, 0) is 0 Å². The molecule has 0 aromatic heterocycles. The molecule has 0 aliphatic heterocycles. The van der Waals surface area contributed by atoms with E-state index in [0.29, 0.717) is 16.7 Å². The van der Waals surface area contributed by atoms with Crippen molar-refractivity contribution in [1.82, 2.24) is 5.32 Å². The molecule has 0 heterocycles. The van der Waals surface area contributed by atoms with E-state index in [9.17, 15) is 4.79 Å². The molecule has 110 valence electrons. The van der Waals surface area contributed by atoms with E-state index in [1.807, 2.05) is 31.1 Å². The molecule has 1 aromatic carbocycles. The van der Waals surface area contributed by atoms with Gasteiger partial charge in [0.25, 0.3) is 5.91 Å². The largest absolute Gasteiger partial charge is 0.399 e. The molecule has 1 amide bonds. The normalized spacial score (nSPS) is 20.7. The average Bonchev–Trinajstić information content (AvgIpc) is 2.68. The van der Waals surface area contributed by atoms with E-state index < -0.39 is 0 Å². The Morgan fingerprint density at radius 2 is 2.10 bits per heavy atom. The third-order valence-electron chi connectivity index (χ3n) is 4.05. The van der Waals surface area contributed by atoms with E-state index in [-0.39, 0.29) is 11.9 Å². The van der Waals surface area contributed by atoms with Crippen molar-refractivity contribution < 1.29 is 4.79 Å². The zero-order valence-corrected chi connectivity index (χ0v) is 12.9. The summed E-state index contributed by atoms with van der Waals surface area (Å²) >= 11 is 0. The van der Waals surface area contributed by atoms with Crippen LogP contribution < -0.4 is 16.0 Å². The second kappa shape index (κ2) is 5.35. The molecule has 0 spiro atoms. The number of hydrogen-bond donors (Lipinski definition) is 2. The van der Waals surface area contributed by atoms with Crippen LogP contribution >= 0.6 is 0 Å². The maximum Gasteiger partial charge on any atom is 0.253 e. The summed E-state index contributed by atoms with van der Waals surface area (Å²) in [6.45, 7) is 4.51. The highest BCUT2D eigenvalue weighted by Gasteiger charge is 2.32. The molecule has 1 atom stereocenters. The van der Waals surface area contributed by atoms with Crippen molar-refractivity contribution in [2.45, 2.75) is 39.2 Å². The van der Waals surface area contributed by atoms with Crippen molar-refractivity contribution in [2.75, 3.05) is 24.7 Å². The Kier molecular flexibility index (Phi) is 3.93. The number of nitrogens with two attached hydrogens (primary N) is 1. The molecule has 20 heavy (non-hydrogen) atoms. The number of nitrogens with one attached hydrogen (secondary N) is 1. The summed E-state index contributed by atoms with van der Waals surface area (Å²) in [6, 6.07) is 5.74. The highest BCUT2D eigenvalue weighted by atomic mass is 16.1. The van der Waals surface area contributed by atoms with Crippen LogP contribution in [-0.4, -0.2) is 26.0 Å². The molecule has 1 saturated carbocycles. The van der Waals surface area contributed by atoms with E-state index >= 15 is 0 Å². The number of carbonyl (C=O) groups is 1. The van der Waals surface area contributed by atoms with Gasteiger partial charge in [-0.3, -0.25) is 4.79 Å². The van der Waals surface area contributed by atoms with Crippen LogP contribution in [0, 0.1) is 5.41 Å². The average molecular weight is 275 g/mol. The zero-order valence-electron chi connectivity index (χ0n) is 12.9. The highest BCUT2D eigenvalue weighted by Crippen LogP contribution is 2.37. The number of hydrogen-bond acceptors (Lipinski definition) is 3. The summed E-state index contributed by atoms with van der Waals surface area (Å²) in [5.74, 6) is -0.0244. The van der Waals surface area contributed by atoms with Gasteiger partial charge in [0.15, 0.2) is 0 Å². The van der Waals surface area contributed by atoms with Crippen LogP contribution in [0.25, 0.3) is 0 Å². The lowest BCUT2D eigenvalue weighted by Crippen LogP contribution is -2.34. The van der Waals surface area contributed by atoms with Gasteiger partial charge in [0.1, 0.15) is 0 Å². The quantitative estimate of drug-likeness (QED) is 0.834. The molecule has 0 saturated heterocycles. The fourth-order valence-electron chi connectivity index (χ4n) is 2.95.